The van der Waals surface area contributed by atoms with E-state index in [-0.39, 0.29) is 18.0 Å². The molecule has 1 rings (SSSR count). The van der Waals surface area contributed by atoms with Crippen LogP contribution in [0.15, 0.2) is 28.2 Å². The number of nitrogens with zero attached hydrogens (tertiary/aromatic N) is 2. The van der Waals surface area contributed by atoms with Gasteiger partial charge in [0.2, 0.25) is 0 Å². The molecule has 0 radical (unpaired) electrons. The first-order valence-corrected chi connectivity index (χ1v) is 9.16. The average Bonchev–Trinajstić information content (AvgIpc) is 2.56. The molecule has 0 fully saturated rings. The third-order valence-corrected chi connectivity index (χ3v) is 4.26. The van der Waals surface area contributed by atoms with E-state index in [4.69, 9.17) is 34.7 Å². The highest BCUT2D eigenvalue weighted by Gasteiger charge is 2.02. The molecule has 1 atom stereocenters. The van der Waals surface area contributed by atoms with Gasteiger partial charge in [-0.2, -0.15) is 0 Å². The molecule has 25 heavy (non-hydrogen) atoms. The van der Waals surface area contributed by atoms with Gasteiger partial charge in [0.1, 0.15) is 0 Å². The minimum atomic E-state index is -0.214. The van der Waals surface area contributed by atoms with Crippen molar-refractivity contribution in [1.82, 2.24) is 5.32 Å². The first-order valence-electron chi connectivity index (χ1n) is 8.41. The lowest BCUT2D eigenvalue weighted by Crippen LogP contribution is -2.41. The van der Waals surface area contributed by atoms with E-state index >= 15 is 0 Å². The van der Waals surface area contributed by atoms with Crippen LogP contribution in [0.3, 0.4) is 0 Å². The van der Waals surface area contributed by atoms with Gasteiger partial charge in [-0.3, -0.25) is 10.3 Å². The molecular formula is C17H27Cl2N5O. The minimum Gasteiger partial charge on any atom is -0.393 e. The van der Waals surface area contributed by atoms with Crippen molar-refractivity contribution < 1.29 is 5.11 Å². The summed E-state index contributed by atoms with van der Waals surface area (Å²) in [5.74, 6) is 0.412. The fraction of sp³-hybridized carbons (Fsp3) is 0.529. The Morgan fingerprint density at radius 3 is 2.52 bits per heavy atom. The number of hydrogen-bond donors (Lipinski definition) is 4. The maximum atomic E-state index is 9.64. The summed E-state index contributed by atoms with van der Waals surface area (Å²) >= 11 is 11.8. The molecule has 1 aromatic rings. The van der Waals surface area contributed by atoms with Crippen molar-refractivity contribution in [1.29, 1.82) is 0 Å². The first kappa shape index (κ1) is 21.5. The number of guanidine groups is 2. The van der Waals surface area contributed by atoms with Crippen molar-refractivity contribution in [2.75, 3.05) is 6.54 Å². The number of hydrogen-bond acceptors (Lipinski definition) is 3. The van der Waals surface area contributed by atoms with Crippen LogP contribution in [-0.4, -0.2) is 29.7 Å². The predicted molar refractivity (Wildman–Crippen MR) is 106 cm³/mol. The highest BCUT2D eigenvalue weighted by atomic mass is 35.5. The predicted octanol–water partition coefficient (Wildman–Crippen LogP) is 3.04. The Hall–Kier alpha value is -1.50. The highest BCUT2D eigenvalue weighted by molar-refractivity contribution is 6.42. The van der Waals surface area contributed by atoms with Crippen LogP contribution in [0.4, 0.5) is 0 Å². The number of aliphatic hydroxyl groups excluding tert-OH is 1. The molecular weight excluding hydrogens is 361 g/mol. The van der Waals surface area contributed by atoms with Crippen molar-refractivity contribution in [2.45, 2.75) is 51.7 Å². The van der Waals surface area contributed by atoms with Crippen LogP contribution in [0.5, 0.6) is 0 Å². The van der Waals surface area contributed by atoms with Gasteiger partial charge in [-0.05, 0) is 43.4 Å². The molecule has 8 heteroatoms. The standard InChI is InChI=1S/C17H27Cl2N5O/c1-2-5-13(25)6-3-4-9-22-16(20)24-17(21)23-11-12-7-8-14(18)15(19)10-12/h7-8,10,13,25H,2-6,9,11H2,1H3,(H5,20,21,22,23,24). The first-order chi connectivity index (χ1) is 11.9. The van der Waals surface area contributed by atoms with E-state index in [0.29, 0.717) is 23.1 Å². The Balaban J connectivity index is 2.32. The Kier molecular flexibility index (Phi) is 10.3. The smallest absolute Gasteiger partial charge is 0.195 e. The third kappa shape index (κ3) is 9.53. The normalized spacial score (nSPS) is 13.8. The SMILES string of the molecule is CCCC(O)CCCCN=C(N)NC(N)=NCc1ccc(Cl)c(Cl)c1. The molecule has 0 amide bonds. The Morgan fingerprint density at radius 2 is 1.84 bits per heavy atom. The number of aliphatic hydroxyl groups is 1. The second-order valence-corrected chi connectivity index (χ2v) is 6.59. The summed E-state index contributed by atoms with van der Waals surface area (Å²) in [5, 5.41) is 13.4. The Bertz CT molecular complexity index is 592. The number of nitrogens with one attached hydrogen (secondary N) is 1. The number of unbranched alkanes of at least 4 members (excludes halogenated alkanes) is 1. The van der Waals surface area contributed by atoms with Gasteiger partial charge in [0.05, 0.1) is 22.7 Å². The van der Waals surface area contributed by atoms with Gasteiger partial charge in [-0.15, -0.1) is 0 Å². The monoisotopic (exact) mass is 387 g/mol. The Labute approximate surface area is 159 Å². The van der Waals surface area contributed by atoms with Crippen LogP contribution in [0, 0.1) is 0 Å². The summed E-state index contributed by atoms with van der Waals surface area (Å²) in [6, 6.07) is 5.28. The summed E-state index contributed by atoms with van der Waals surface area (Å²) in [5.41, 5.74) is 12.4. The van der Waals surface area contributed by atoms with Gasteiger partial charge < -0.3 is 16.6 Å². The molecule has 0 aliphatic carbocycles. The molecule has 0 bridgehead atoms. The second-order valence-electron chi connectivity index (χ2n) is 5.78. The lowest BCUT2D eigenvalue weighted by atomic mass is 10.1. The van der Waals surface area contributed by atoms with E-state index in [1.54, 1.807) is 12.1 Å². The number of rotatable bonds is 9. The van der Waals surface area contributed by atoms with Crippen LogP contribution >= 0.6 is 23.2 Å². The van der Waals surface area contributed by atoms with Crippen LogP contribution in [0.25, 0.3) is 0 Å². The minimum absolute atomic E-state index is 0.186. The number of aliphatic imine (C=N–C) groups is 2. The maximum Gasteiger partial charge on any atom is 0.195 e. The molecule has 0 saturated heterocycles. The summed E-state index contributed by atoms with van der Waals surface area (Å²) in [4.78, 5) is 8.37. The maximum absolute atomic E-state index is 9.64. The van der Waals surface area contributed by atoms with Crippen molar-refractivity contribution >= 4 is 35.1 Å². The summed E-state index contributed by atoms with van der Waals surface area (Å²) < 4.78 is 0. The van der Waals surface area contributed by atoms with Crippen molar-refractivity contribution in [3.05, 3.63) is 33.8 Å². The second kappa shape index (κ2) is 12.0. The van der Waals surface area contributed by atoms with E-state index in [1.807, 2.05) is 6.07 Å². The topological polar surface area (TPSA) is 109 Å². The van der Waals surface area contributed by atoms with E-state index in [2.05, 4.69) is 22.2 Å². The Morgan fingerprint density at radius 1 is 1.12 bits per heavy atom. The molecule has 0 aliphatic heterocycles. The lowest BCUT2D eigenvalue weighted by molar-refractivity contribution is 0.150. The molecule has 0 aliphatic rings. The number of nitrogens with two attached hydrogens (primary N) is 2. The fourth-order valence-corrected chi connectivity index (χ4v) is 2.51. The lowest BCUT2D eigenvalue weighted by Gasteiger charge is -2.08. The van der Waals surface area contributed by atoms with Crippen LogP contribution in [-0.2, 0) is 6.54 Å². The van der Waals surface area contributed by atoms with Crippen molar-refractivity contribution in [3.63, 3.8) is 0 Å². The van der Waals surface area contributed by atoms with Crippen molar-refractivity contribution in [3.8, 4) is 0 Å². The molecule has 140 valence electrons. The fourth-order valence-electron chi connectivity index (χ4n) is 2.19. The molecule has 1 aromatic carbocycles. The molecule has 6 nitrogen and oxygen atoms in total. The average molecular weight is 388 g/mol. The zero-order valence-corrected chi connectivity index (χ0v) is 16.0. The summed E-state index contributed by atoms with van der Waals surface area (Å²) in [7, 11) is 0. The molecule has 0 heterocycles. The summed E-state index contributed by atoms with van der Waals surface area (Å²) in [6.07, 6.45) is 4.20. The van der Waals surface area contributed by atoms with Gasteiger partial charge in [0, 0.05) is 6.54 Å². The van der Waals surface area contributed by atoms with Gasteiger partial charge in [0.25, 0.3) is 0 Å². The van der Waals surface area contributed by atoms with Crippen molar-refractivity contribution in [2.24, 2.45) is 21.5 Å². The number of benzene rings is 1. The van der Waals surface area contributed by atoms with Gasteiger partial charge >= 0.3 is 0 Å². The highest BCUT2D eigenvalue weighted by Crippen LogP contribution is 2.22. The van der Waals surface area contributed by atoms with E-state index in [9.17, 15) is 5.11 Å². The molecule has 0 saturated carbocycles. The third-order valence-electron chi connectivity index (χ3n) is 3.52. The molecule has 6 N–H and O–H groups in total. The zero-order valence-electron chi connectivity index (χ0n) is 14.5. The zero-order chi connectivity index (χ0) is 18.7. The summed E-state index contributed by atoms with van der Waals surface area (Å²) in [6.45, 7) is 3.00. The quantitative estimate of drug-likeness (QED) is 0.296. The van der Waals surface area contributed by atoms with E-state index < -0.39 is 0 Å². The van der Waals surface area contributed by atoms with Gasteiger partial charge in [-0.25, -0.2) is 4.99 Å². The van der Waals surface area contributed by atoms with E-state index in [0.717, 1.165) is 37.7 Å². The largest absolute Gasteiger partial charge is 0.393 e. The van der Waals surface area contributed by atoms with Crippen LogP contribution in [0.1, 0.15) is 44.6 Å². The molecule has 0 spiro atoms. The van der Waals surface area contributed by atoms with Gasteiger partial charge in [-0.1, -0.05) is 42.6 Å². The van der Waals surface area contributed by atoms with E-state index in [1.165, 1.54) is 0 Å². The van der Waals surface area contributed by atoms with Gasteiger partial charge in [0.15, 0.2) is 11.9 Å². The van der Waals surface area contributed by atoms with Crippen LogP contribution in [0.2, 0.25) is 10.0 Å². The van der Waals surface area contributed by atoms with Crippen LogP contribution < -0.4 is 16.8 Å². The molecule has 0 aromatic heterocycles. The molecule has 1 unspecified atom stereocenters. The number of halogens is 2.